The van der Waals surface area contributed by atoms with Gasteiger partial charge in [-0.25, -0.2) is 0 Å². The highest BCUT2D eigenvalue weighted by Gasteiger charge is 2.32. The third kappa shape index (κ3) is 9.37. The van der Waals surface area contributed by atoms with Crippen molar-refractivity contribution in [1.82, 2.24) is 14.8 Å². The van der Waals surface area contributed by atoms with E-state index < -0.39 is 12.1 Å². The third-order valence-electron chi connectivity index (χ3n) is 10.5. The maximum Gasteiger partial charge on any atom is 0.130 e. The van der Waals surface area contributed by atoms with Crippen molar-refractivity contribution < 1.29 is 38.6 Å². The number of benzene rings is 4. The van der Waals surface area contributed by atoms with Crippen LogP contribution in [-0.4, -0.2) is 80.9 Å². The van der Waals surface area contributed by atoms with Gasteiger partial charge in [-0.2, -0.15) is 0 Å². The van der Waals surface area contributed by atoms with Gasteiger partial charge in [-0.05, 0) is 37.1 Å². The van der Waals surface area contributed by atoms with E-state index >= 15 is 0 Å². The Morgan fingerprint density at radius 3 is 1.11 bits per heavy atom. The molecule has 0 bridgehead atoms. The van der Waals surface area contributed by atoms with Crippen LogP contribution in [0.15, 0.2) is 103 Å². The molecule has 0 radical (unpaired) electrons. The van der Waals surface area contributed by atoms with Gasteiger partial charge in [0, 0.05) is 37.4 Å². The first-order valence-electron chi connectivity index (χ1n) is 18.6. The lowest BCUT2D eigenvalue weighted by molar-refractivity contribution is 0.0735. The van der Waals surface area contributed by atoms with Crippen molar-refractivity contribution in [2.24, 2.45) is 0 Å². The molecule has 0 saturated carbocycles. The molecule has 11 nitrogen and oxygen atoms in total. The number of hydrogen-bond donors (Lipinski definition) is 2. The van der Waals surface area contributed by atoms with Crippen LogP contribution in [0.3, 0.4) is 0 Å². The Bertz CT molecular complexity index is 1790. The Morgan fingerprint density at radius 1 is 0.482 bits per heavy atom. The molecule has 2 N–H and O–H groups in total. The zero-order chi connectivity index (χ0) is 40.2. The van der Waals surface area contributed by atoms with Crippen molar-refractivity contribution in [3.05, 3.63) is 137 Å². The van der Waals surface area contributed by atoms with Gasteiger partial charge in [-0.1, -0.05) is 66.7 Å². The average molecular weight is 766 g/mol. The van der Waals surface area contributed by atoms with Crippen molar-refractivity contribution in [3.8, 4) is 34.5 Å². The molecule has 56 heavy (non-hydrogen) atoms. The summed E-state index contributed by atoms with van der Waals surface area (Å²) in [6.45, 7) is 4.64. The van der Waals surface area contributed by atoms with E-state index in [1.807, 2.05) is 103 Å². The van der Waals surface area contributed by atoms with Crippen LogP contribution in [0.5, 0.6) is 34.5 Å². The number of ether oxygens (including phenoxy) is 6. The zero-order valence-corrected chi connectivity index (χ0v) is 33.6. The smallest absolute Gasteiger partial charge is 0.130 e. The Kier molecular flexibility index (Phi) is 14.9. The lowest BCUT2D eigenvalue weighted by Crippen LogP contribution is -2.35. The molecule has 0 saturated heterocycles. The summed E-state index contributed by atoms with van der Waals surface area (Å²) in [5.74, 6) is 3.64. The molecule has 4 atom stereocenters. The van der Waals surface area contributed by atoms with Crippen LogP contribution < -0.4 is 28.4 Å². The lowest BCUT2D eigenvalue weighted by Gasteiger charge is -2.38. The summed E-state index contributed by atoms with van der Waals surface area (Å²) in [5.41, 5.74) is 5.14. The second-order valence-corrected chi connectivity index (χ2v) is 13.4. The van der Waals surface area contributed by atoms with Crippen molar-refractivity contribution >= 4 is 0 Å². The minimum Gasteiger partial charge on any atom is -0.496 e. The van der Waals surface area contributed by atoms with E-state index in [0.717, 1.165) is 33.6 Å². The molecule has 0 amide bonds. The number of aliphatic hydroxyl groups is 2. The van der Waals surface area contributed by atoms with Gasteiger partial charge < -0.3 is 38.6 Å². The van der Waals surface area contributed by atoms with E-state index in [1.165, 1.54) is 0 Å². The molecular weight excluding hydrogens is 711 g/mol. The Labute approximate surface area is 331 Å². The molecule has 0 aliphatic heterocycles. The fraction of sp³-hybridized carbons (Fsp3) is 0.356. The molecule has 0 unspecified atom stereocenters. The Hall–Kier alpha value is -5.33. The molecular formula is C45H55N3O8. The molecule has 5 aromatic rings. The number of rotatable bonds is 20. The topological polar surface area (TPSA) is 115 Å². The van der Waals surface area contributed by atoms with Crippen molar-refractivity contribution in [1.29, 1.82) is 0 Å². The quantitative estimate of drug-likeness (QED) is 0.0812. The average Bonchev–Trinajstić information content (AvgIpc) is 3.26. The van der Waals surface area contributed by atoms with Gasteiger partial charge in [-0.3, -0.25) is 14.8 Å². The van der Waals surface area contributed by atoms with Crippen molar-refractivity contribution in [3.63, 3.8) is 0 Å². The van der Waals surface area contributed by atoms with Crippen molar-refractivity contribution in [2.45, 2.75) is 51.1 Å². The van der Waals surface area contributed by atoms with Crippen LogP contribution in [0.25, 0.3) is 0 Å². The fourth-order valence-corrected chi connectivity index (χ4v) is 7.29. The summed E-state index contributed by atoms with van der Waals surface area (Å²) < 4.78 is 34.5. The van der Waals surface area contributed by atoms with Gasteiger partial charge in [0.15, 0.2) is 0 Å². The summed E-state index contributed by atoms with van der Waals surface area (Å²) >= 11 is 0. The summed E-state index contributed by atoms with van der Waals surface area (Å²) in [4.78, 5) is 9.76. The van der Waals surface area contributed by atoms with E-state index in [9.17, 15) is 10.2 Å². The standard InChI is InChI=1S/C45H55N3O8/c1-30(47(40(28-49)32-16-11-9-12-17-32)26-36-42(53-5)22-34(51-3)23-43(36)54-6)38-20-15-21-39(46-38)31(2)48(41(29-50)33-18-13-10-14-19-33)27-37-44(55-7)24-35(52-4)25-45(37)56-8/h9-25,30-31,40-41,49-50H,26-29H2,1-8H3/t30-,31-,40-,41-/m0/s1. The van der Waals surface area contributed by atoms with Gasteiger partial charge >= 0.3 is 0 Å². The van der Waals surface area contributed by atoms with Crippen molar-refractivity contribution in [2.75, 3.05) is 55.9 Å². The number of aromatic nitrogens is 1. The molecule has 1 heterocycles. The molecule has 4 aromatic carbocycles. The number of aliphatic hydroxyl groups excluding tert-OH is 2. The molecule has 1 aromatic heterocycles. The molecule has 0 spiro atoms. The van der Waals surface area contributed by atoms with Gasteiger partial charge in [0.2, 0.25) is 0 Å². The van der Waals surface area contributed by atoms with E-state index in [-0.39, 0.29) is 25.3 Å². The van der Waals surface area contributed by atoms with Crippen LogP contribution in [0.1, 0.15) is 71.7 Å². The van der Waals surface area contributed by atoms with Gasteiger partial charge in [-0.15, -0.1) is 0 Å². The highest BCUT2D eigenvalue weighted by molar-refractivity contribution is 5.52. The molecule has 0 aliphatic carbocycles. The SMILES string of the molecule is COc1cc(OC)c(CN([C@@H](C)c2cccc([C@H](C)N(Cc3c(OC)cc(OC)cc3OC)[C@@H](CO)c3ccccc3)n2)[C@@H](CO)c2ccccc2)c(OC)c1. The highest BCUT2D eigenvalue weighted by Crippen LogP contribution is 2.42. The molecule has 11 heteroatoms. The predicted molar refractivity (Wildman–Crippen MR) is 217 cm³/mol. The van der Waals surface area contributed by atoms with Gasteiger partial charge in [0.25, 0.3) is 0 Å². The molecule has 0 fully saturated rings. The summed E-state index contributed by atoms with van der Waals surface area (Å²) in [6.07, 6.45) is 0. The third-order valence-corrected chi connectivity index (χ3v) is 10.5. The van der Waals surface area contributed by atoms with Crippen LogP contribution in [-0.2, 0) is 13.1 Å². The zero-order valence-electron chi connectivity index (χ0n) is 33.6. The summed E-state index contributed by atoms with van der Waals surface area (Å²) in [6, 6.07) is 31.9. The van der Waals surface area contributed by atoms with E-state index in [4.69, 9.17) is 33.4 Å². The Morgan fingerprint density at radius 2 is 0.821 bits per heavy atom. The number of methoxy groups -OCH3 is 6. The van der Waals surface area contributed by atoms with Gasteiger partial charge in [0.05, 0.1) is 103 Å². The molecule has 298 valence electrons. The highest BCUT2D eigenvalue weighted by atomic mass is 16.5. The Balaban J connectivity index is 1.61. The largest absolute Gasteiger partial charge is 0.496 e. The first kappa shape index (κ1) is 41.8. The van der Waals surface area contributed by atoms with Crippen LogP contribution >= 0.6 is 0 Å². The second-order valence-electron chi connectivity index (χ2n) is 13.4. The lowest BCUT2D eigenvalue weighted by atomic mass is 9.99. The van der Waals surface area contributed by atoms with E-state index in [0.29, 0.717) is 47.6 Å². The van der Waals surface area contributed by atoms with Crippen LogP contribution in [0.4, 0.5) is 0 Å². The summed E-state index contributed by atoms with van der Waals surface area (Å²) in [5, 5.41) is 22.1. The van der Waals surface area contributed by atoms with E-state index in [1.54, 1.807) is 42.7 Å². The minimum absolute atomic E-state index is 0.139. The molecule has 5 rings (SSSR count). The maximum absolute atomic E-state index is 11.0. The monoisotopic (exact) mass is 765 g/mol. The molecule has 0 aliphatic rings. The fourth-order valence-electron chi connectivity index (χ4n) is 7.29. The number of hydrogen-bond acceptors (Lipinski definition) is 11. The normalized spacial score (nSPS) is 13.5. The van der Waals surface area contributed by atoms with Crippen LogP contribution in [0.2, 0.25) is 0 Å². The first-order valence-corrected chi connectivity index (χ1v) is 18.6. The van der Waals surface area contributed by atoms with Gasteiger partial charge in [0.1, 0.15) is 34.5 Å². The first-order chi connectivity index (χ1) is 27.2. The second kappa shape index (κ2) is 20.0. The maximum atomic E-state index is 11.0. The number of pyridine rings is 1. The number of nitrogens with zero attached hydrogens (tertiary/aromatic N) is 3. The minimum atomic E-state index is -0.394. The van der Waals surface area contributed by atoms with Crippen LogP contribution in [0, 0.1) is 0 Å². The predicted octanol–water partition coefficient (Wildman–Crippen LogP) is 7.73. The van der Waals surface area contributed by atoms with E-state index in [2.05, 4.69) is 23.6 Å². The summed E-state index contributed by atoms with van der Waals surface area (Å²) in [7, 11) is 9.69.